The maximum absolute atomic E-state index is 13.8. The smallest absolute Gasteiger partial charge is 0.227 e. The van der Waals surface area contributed by atoms with E-state index in [2.05, 4.69) is 32.9 Å². The van der Waals surface area contributed by atoms with Crippen molar-refractivity contribution in [1.82, 2.24) is 14.7 Å². The highest BCUT2D eigenvalue weighted by molar-refractivity contribution is 5.79. The van der Waals surface area contributed by atoms with Crippen molar-refractivity contribution in [2.24, 2.45) is 0 Å². The third-order valence-corrected chi connectivity index (χ3v) is 10.1. The third kappa shape index (κ3) is 8.94. The SMILES string of the molecule is CCOc1ccc([C@@]2(CCN3CCC(N4CCCCC4)CC3)CCCN(C(=O)Cc3cccc(OC(C)C)c3)C2)cc1OCC. The molecule has 3 saturated heterocycles. The maximum atomic E-state index is 13.8. The van der Waals surface area contributed by atoms with Gasteiger partial charge in [0.1, 0.15) is 5.75 Å². The van der Waals surface area contributed by atoms with E-state index in [4.69, 9.17) is 14.2 Å². The summed E-state index contributed by atoms with van der Waals surface area (Å²) in [5, 5.41) is 0. The Morgan fingerprint density at radius 1 is 0.889 bits per heavy atom. The molecule has 1 atom stereocenters. The first-order valence-electron chi connectivity index (χ1n) is 17.8. The van der Waals surface area contributed by atoms with Crippen LogP contribution in [0.25, 0.3) is 0 Å². The normalized spacial score (nSPS) is 22.0. The number of hydrogen-bond acceptors (Lipinski definition) is 6. The van der Waals surface area contributed by atoms with Crippen molar-refractivity contribution in [2.75, 3.05) is 59.0 Å². The van der Waals surface area contributed by atoms with Gasteiger partial charge >= 0.3 is 0 Å². The minimum atomic E-state index is -0.128. The predicted octanol–water partition coefficient (Wildman–Crippen LogP) is 6.71. The average Bonchev–Trinajstić information content (AvgIpc) is 3.05. The molecular weight excluding hydrogens is 562 g/mol. The van der Waals surface area contributed by atoms with Crippen molar-refractivity contribution in [2.45, 2.75) is 103 Å². The number of ether oxygens (including phenoxy) is 3. The largest absolute Gasteiger partial charge is 0.491 e. The fourth-order valence-corrected chi connectivity index (χ4v) is 7.76. The van der Waals surface area contributed by atoms with E-state index in [9.17, 15) is 4.79 Å². The molecule has 0 saturated carbocycles. The minimum Gasteiger partial charge on any atom is -0.491 e. The van der Waals surface area contributed by atoms with Crippen molar-refractivity contribution in [3.63, 3.8) is 0 Å². The van der Waals surface area contributed by atoms with Gasteiger partial charge in [0, 0.05) is 24.5 Å². The highest BCUT2D eigenvalue weighted by Gasteiger charge is 2.40. The fraction of sp³-hybridized carbons (Fsp3) is 0.658. The van der Waals surface area contributed by atoms with Gasteiger partial charge in [0.25, 0.3) is 0 Å². The number of amides is 1. The molecule has 0 unspecified atom stereocenters. The van der Waals surface area contributed by atoms with Crippen LogP contribution in [0.15, 0.2) is 42.5 Å². The molecule has 0 radical (unpaired) electrons. The quantitative estimate of drug-likeness (QED) is 0.248. The predicted molar refractivity (Wildman–Crippen MR) is 182 cm³/mol. The Morgan fingerprint density at radius 3 is 2.38 bits per heavy atom. The van der Waals surface area contributed by atoms with Crippen LogP contribution in [-0.4, -0.2) is 91.8 Å². The molecule has 0 aromatic heterocycles. The Balaban J connectivity index is 1.32. The molecule has 3 fully saturated rings. The second-order valence-electron chi connectivity index (χ2n) is 13.6. The van der Waals surface area contributed by atoms with E-state index in [1.807, 2.05) is 52.0 Å². The van der Waals surface area contributed by atoms with Crippen molar-refractivity contribution < 1.29 is 19.0 Å². The zero-order valence-electron chi connectivity index (χ0n) is 28.4. The maximum Gasteiger partial charge on any atom is 0.227 e. The van der Waals surface area contributed by atoms with Crippen LogP contribution in [0.4, 0.5) is 0 Å². The summed E-state index contributed by atoms with van der Waals surface area (Å²) in [6.07, 6.45) is 10.3. The molecule has 3 aliphatic heterocycles. The summed E-state index contributed by atoms with van der Waals surface area (Å²) in [5.41, 5.74) is 2.14. The van der Waals surface area contributed by atoms with E-state index in [-0.39, 0.29) is 17.4 Å². The van der Waals surface area contributed by atoms with Crippen LogP contribution in [0, 0.1) is 0 Å². The van der Waals surface area contributed by atoms with E-state index < -0.39 is 0 Å². The van der Waals surface area contributed by atoms with E-state index in [1.165, 1.54) is 63.8 Å². The van der Waals surface area contributed by atoms with Crippen LogP contribution in [-0.2, 0) is 16.6 Å². The number of likely N-dealkylation sites (tertiary alicyclic amines) is 3. The molecule has 0 aliphatic carbocycles. The lowest BCUT2D eigenvalue weighted by Gasteiger charge is -2.45. The van der Waals surface area contributed by atoms with Gasteiger partial charge in [-0.1, -0.05) is 24.6 Å². The van der Waals surface area contributed by atoms with Gasteiger partial charge in [-0.2, -0.15) is 0 Å². The lowest BCUT2D eigenvalue weighted by atomic mass is 9.71. The Morgan fingerprint density at radius 2 is 1.64 bits per heavy atom. The Labute approximate surface area is 272 Å². The highest BCUT2D eigenvalue weighted by atomic mass is 16.5. The van der Waals surface area contributed by atoms with Crippen LogP contribution in [0.5, 0.6) is 17.2 Å². The molecule has 0 spiro atoms. The van der Waals surface area contributed by atoms with Crippen molar-refractivity contribution in [3.8, 4) is 17.2 Å². The summed E-state index contributed by atoms with van der Waals surface area (Å²) < 4.78 is 17.9. The molecular formula is C38H57N3O4. The molecule has 7 heteroatoms. The molecule has 7 nitrogen and oxygen atoms in total. The minimum absolute atomic E-state index is 0.102. The summed E-state index contributed by atoms with van der Waals surface area (Å²) >= 11 is 0. The monoisotopic (exact) mass is 619 g/mol. The third-order valence-electron chi connectivity index (χ3n) is 10.1. The molecule has 5 rings (SSSR count). The Bertz CT molecular complexity index is 1220. The summed E-state index contributed by atoms with van der Waals surface area (Å²) in [6.45, 7) is 16.8. The summed E-state index contributed by atoms with van der Waals surface area (Å²) in [4.78, 5) is 21.4. The van der Waals surface area contributed by atoms with Crippen molar-refractivity contribution >= 4 is 5.91 Å². The Kier molecular flexibility index (Phi) is 12.1. The van der Waals surface area contributed by atoms with Crippen LogP contribution >= 0.6 is 0 Å². The van der Waals surface area contributed by atoms with Crippen LogP contribution in [0.3, 0.4) is 0 Å². The first kappa shape index (κ1) is 33.6. The number of piperidine rings is 3. The molecule has 45 heavy (non-hydrogen) atoms. The molecule has 0 bridgehead atoms. The van der Waals surface area contributed by atoms with Crippen molar-refractivity contribution in [3.05, 3.63) is 53.6 Å². The molecule has 1 amide bonds. The van der Waals surface area contributed by atoms with E-state index in [0.29, 0.717) is 19.6 Å². The molecule has 248 valence electrons. The zero-order chi connectivity index (χ0) is 31.6. The van der Waals surface area contributed by atoms with Gasteiger partial charge in [-0.05, 0) is 141 Å². The second-order valence-corrected chi connectivity index (χ2v) is 13.6. The molecule has 2 aromatic carbocycles. The molecule has 3 heterocycles. The van der Waals surface area contributed by atoms with Gasteiger partial charge in [-0.15, -0.1) is 0 Å². The van der Waals surface area contributed by atoms with E-state index in [1.54, 1.807) is 0 Å². The van der Waals surface area contributed by atoms with Gasteiger partial charge in [-0.3, -0.25) is 4.79 Å². The molecule has 2 aromatic rings. The van der Waals surface area contributed by atoms with Gasteiger partial charge in [0.2, 0.25) is 5.91 Å². The number of hydrogen-bond donors (Lipinski definition) is 0. The zero-order valence-corrected chi connectivity index (χ0v) is 28.4. The number of carbonyl (C=O) groups is 1. The van der Waals surface area contributed by atoms with Crippen LogP contribution < -0.4 is 14.2 Å². The number of carbonyl (C=O) groups excluding carboxylic acids is 1. The van der Waals surface area contributed by atoms with Gasteiger partial charge in [0.05, 0.1) is 25.7 Å². The highest BCUT2D eigenvalue weighted by Crippen LogP contribution is 2.42. The number of nitrogens with zero attached hydrogens (tertiary/aromatic N) is 3. The summed E-state index contributed by atoms with van der Waals surface area (Å²) in [5.74, 6) is 2.62. The molecule has 0 N–H and O–H groups in total. The lowest BCUT2D eigenvalue weighted by Crippen LogP contribution is -2.51. The Hall–Kier alpha value is -2.77. The average molecular weight is 620 g/mol. The van der Waals surface area contributed by atoms with Crippen molar-refractivity contribution in [1.29, 1.82) is 0 Å². The topological polar surface area (TPSA) is 54.5 Å². The fourth-order valence-electron chi connectivity index (χ4n) is 7.76. The van der Waals surface area contributed by atoms with Crippen LogP contribution in [0.2, 0.25) is 0 Å². The molecule has 3 aliphatic rings. The van der Waals surface area contributed by atoms with Gasteiger partial charge in [-0.25, -0.2) is 0 Å². The lowest BCUT2D eigenvalue weighted by molar-refractivity contribution is -0.132. The number of rotatable bonds is 13. The standard InChI is InChI=1S/C38H57N3O4/c1-5-43-35-15-14-32(28-36(35)44-6-2)38(19-25-39-23-16-33(17-24-39)40-20-8-7-9-21-40)18-11-22-41(29-38)37(42)27-31-12-10-13-34(26-31)45-30(3)4/h10,12-15,26,28,30,33H,5-9,11,16-25,27,29H2,1-4H3/t38-/m1/s1. The first-order chi connectivity index (χ1) is 21.9. The second kappa shape index (κ2) is 16.2. The summed E-state index contributed by atoms with van der Waals surface area (Å²) in [7, 11) is 0. The summed E-state index contributed by atoms with van der Waals surface area (Å²) in [6, 6.07) is 15.3. The first-order valence-corrected chi connectivity index (χ1v) is 17.8. The number of benzene rings is 2. The van der Waals surface area contributed by atoms with E-state index >= 15 is 0 Å². The van der Waals surface area contributed by atoms with Gasteiger partial charge < -0.3 is 28.9 Å². The van der Waals surface area contributed by atoms with E-state index in [0.717, 1.165) is 67.8 Å². The van der Waals surface area contributed by atoms with Gasteiger partial charge in [0.15, 0.2) is 11.5 Å². The van der Waals surface area contributed by atoms with Crippen LogP contribution in [0.1, 0.15) is 90.2 Å².